The van der Waals surface area contributed by atoms with Gasteiger partial charge in [0.15, 0.2) is 5.82 Å². The first-order valence-electron chi connectivity index (χ1n) is 11.4. The Balaban J connectivity index is 1.32. The number of hydrogen-bond donors (Lipinski definition) is 0. The number of nitrogens with zero attached hydrogens (tertiary/aromatic N) is 4. The third kappa shape index (κ3) is 4.29. The molecule has 0 N–H and O–H groups in total. The van der Waals surface area contributed by atoms with Crippen LogP contribution in [0.1, 0.15) is 17.3 Å². The van der Waals surface area contributed by atoms with Crippen LogP contribution in [0.25, 0.3) is 22.0 Å². The lowest BCUT2D eigenvalue weighted by atomic mass is 10.0. The fraction of sp³-hybridized carbons (Fsp3) is 0.222. The van der Waals surface area contributed by atoms with Crippen LogP contribution in [0.15, 0.2) is 72.8 Å². The van der Waals surface area contributed by atoms with Gasteiger partial charge in [-0.15, -0.1) is 10.2 Å². The maximum absolute atomic E-state index is 13.6. The summed E-state index contributed by atoms with van der Waals surface area (Å²) in [7, 11) is 0. The first-order valence-corrected chi connectivity index (χ1v) is 11.8. The zero-order chi connectivity index (χ0) is 23.5. The van der Waals surface area contributed by atoms with Crippen LogP contribution < -0.4 is 9.64 Å². The largest absolute Gasteiger partial charge is 0.493 e. The van der Waals surface area contributed by atoms with E-state index >= 15 is 0 Å². The molecule has 1 aliphatic rings. The number of carbonyl (C=O) groups excluding carboxylic acids is 1. The lowest BCUT2D eigenvalue weighted by Gasteiger charge is -2.35. The van der Waals surface area contributed by atoms with E-state index in [1.807, 2.05) is 84.6 Å². The van der Waals surface area contributed by atoms with Gasteiger partial charge < -0.3 is 14.5 Å². The molecule has 172 valence electrons. The number of anilines is 1. The van der Waals surface area contributed by atoms with Gasteiger partial charge in [-0.05, 0) is 42.0 Å². The summed E-state index contributed by atoms with van der Waals surface area (Å²) in [6.07, 6.45) is 0. The van der Waals surface area contributed by atoms with Crippen molar-refractivity contribution in [2.45, 2.75) is 6.92 Å². The summed E-state index contributed by atoms with van der Waals surface area (Å²) in [6, 6.07) is 23.3. The van der Waals surface area contributed by atoms with Crippen LogP contribution in [0.3, 0.4) is 0 Å². The van der Waals surface area contributed by atoms with Gasteiger partial charge in [0.05, 0.1) is 22.9 Å². The van der Waals surface area contributed by atoms with Crippen molar-refractivity contribution in [2.75, 3.05) is 37.7 Å². The molecular weight excluding hydrogens is 448 g/mol. The maximum Gasteiger partial charge on any atom is 0.258 e. The zero-order valence-corrected chi connectivity index (χ0v) is 19.7. The molecule has 34 heavy (non-hydrogen) atoms. The molecule has 6 nitrogen and oxygen atoms in total. The molecule has 0 unspecified atom stereocenters. The van der Waals surface area contributed by atoms with E-state index in [2.05, 4.69) is 15.1 Å². The van der Waals surface area contributed by atoms with Gasteiger partial charge in [-0.1, -0.05) is 60.1 Å². The van der Waals surface area contributed by atoms with Gasteiger partial charge in [-0.25, -0.2) is 0 Å². The molecule has 1 fully saturated rings. The molecule has 5 rings (SSSR count). The predicted octanol–water partition coefficient (Wildman–Crippen LogP) is 5.31. The molecule has 0 aliphatic carbocycles. The van der Waals surface area contributed by atoms with E-state index in [4.69, 9.17) is 16.3 Å². The highest BCUT2D eigenvalue weighted by atomic mass is 35.5. The molecule has 0 radical (unpaired) electrons. The molecule has 7 heteroatoms. The summed E-state index contributed by atoms with van der Waals surface area (Å²) in [5.41, 5.74) is 2.23. The van der Waals surface area contributed by atoms with E-state index < -0.39 is 0 Å². The second-order valence-corrected chi connectivity index (χ2v) is 8.54. The van der Waals surface area contributed by atoms with Gasteiger partial charge in [-0.2, -0.15) is 0 Å². The van der Waals surface area contributed by atoms with Crippen molar-refractivity contribution < 1.29 is 9.53 Å². The highest BCUT2D eigenvalue weighted by Crippen LogP contribution is 2.30. The lowest BCUT2D eigenvalue weighted by Crippen LogP contribution is -2.49. The second kappa shape index (κ2) is 9.69. The molecule has 2 heterocycles. The topological polar surface area (TPSA) is 58.6 Å². The molecule has 0 spiro atoms. The van der Waals surface area contributed by atoms with Crippen molar-refractivity contribution in [2.24, 2.45) is 0 Å². The minimum atomic E-state index is 0.0000478. The van der Waals surface area contributed by atoms with Crippen LogP contribution >= 0.6 is 11.6 Å². The Morgan fingerprint density at radius 3 is 2.41 bits per heavy atom. The Kier molecular flexibility index (Phi) is 6.32. The maximum atomic E-state index is 13.6. The van der Waals surface area contributed by atoms with Crippen molar-refractivity contribution in [3.63, 3.8) is 0 Å². The van der Waals surface area contributed by atoms with E-state index in [1.165, 1.54) is 0 Å². The molecule has 1 amide bonds. The van der Waals surface area contributed by atoms with E-state index in [-0.39, 0.29) is 5.91 Å². The standard InChI is InChI=1S/C27H25ClN4O2/c1-2-34-24-13-11-19-7-3-4-8-20(19)26(24)27(33)32-17-15-31(16-18-32)25-14-12-23(29-30-25)21-9-5-6-10-22(21)28/h3-14H,2,15-18H2,1H3. The number of benzene rings is 3. The minimum absolute atomic E-state index is 0.0000478. The molecule has 0 bridgehead atoms. The Labute approximate surface area is 203 Å². The number of aromatic nitrogens is 2. The molecule has 0 atom stereocenters. The van der Waals surface area contributed by atoms with Crippen molar-refractivity contribution in [1.29, 1.82) is 0 Å². The number of halogens is 1. The van der Waals surface area contributed by atoms with Gasteiger partial charge in [0.2, 0.25) is 0 Å². The van der Waals surface area contributed by atoms with Crippen LogP contribution in [0.4, 0.5) is 5.82 Å². The van der Waals surface area contributed by atoms with Crippen LogP contribution in [-0.2, 0) is 0 Å². The summed E-state index contributed by atoms with van der Waals surface area (Å²) in [6.45, 7) is 5.00. The monoisotopic (exact) mass is 472 g/mol. The minimum Gasteiger partial charge on any atom is -0.493 e. The number of amides is 1. The number of fused-ring (bicyclic) bond motifs is 1. The summed E-state index contributed by atoms with van der Waals surface area (Å²) in [4.78, 5) is 17.6. The fourth-order valence-electron chi connectivity index (χ4n) is 4.35. The normalized spacial score (nSPS) is 13.8. The highest BCUT2D eigenvalue weighted by Gasteiger charge is 2.26. The third-order valence-electron chi connectivity index (χ3n) is 6.10. The molecule has 4 aromatic rings. The smallest absolute Gasteiger partial charge is 0.258 e. The van der Waals surface area contributed by atoms with Gasteiger partial charge in [0.25, 0.3) is 5.91 Å². The molecule has 1 aliphatic heterocycles. The fourth-order valence-corrected chi connectivity index (χ4v) is 4.58. The number of carbonyl (C=O) groups is 1. The van der Waals surface area contributed by atoms with Crippen LogP contribution in [0, 0.1) is 0 Å². The quantitative estimate of drug-likeness (QED) is 0.394. The van der Waals surface area contributed by atoms with Gasteiger partial charge in [0, 0.05) is 31.7 Å². The predicted molar refractivity (Wildman–Crippen MR) is 136 cm³/mol. The molecule has 1 saturated heterocycles. The van der Waals surface area contributed by atoms with Crippen LogP contribution in [0.5, 0.6) is 5.75 Å². The van der Waals surface area contributed by atoms with E-state index in [1.54, 1.807) is 0 Å². The van der Waals surface area contributed by atoms with E-state index in [9.17, 15) is 4.79 Å². The lowest BCUT2D eigenvalue weighted by molar-refractivity contribution is 0.0744. The zero-order valence-electron chi connectivity index (χ0n) is 18.9. The first kappa shape index (κ1) is 22.2. The number of hydrogen-bond acceptors (Lipinski definition) is 5. The third-order valence-corrected chi connectivity index (χ3v) is 6.43. The molecule has 1 aromatic heterocycles. The Morgan fingerprint density at radius 2 is 1.68 bits per heavy atom. The average molecular weight is 473 g/mol. The van der Waals surface area contributed by atoms with Crippen LogP contribution in [0.2, 0.25) is 5.02 Å². The summed E-state index contributed by atoms with van der Waals surface area (Å²) < 4.78 is 5.82. The van der Waals surface area contributed by atoms with E-state index in [0.29, 0.717) is 49.1 Å². The SMILES string of the molecule is CCOc1ccc2ccccc2c1C(=O)N1CCN(c2ccc(-c3ccccc3Cl)nn2)CC1. The molecule has 3 aromatic carbocycles. The van der Waals surface area contributed by atoms with Crippen molar-refractivity contribution in [3.8, 4) is 17.0 Å². The molecular formula is C27H25ClN4O2. The number of rotatable bonds is 5. The van der Waals surface area contributed by atoms with Gasteiger partial charge in [-0.3, -0.25) is 4.79 Å². The van der Waals surface area contributed by atoms with Crippen LogP contribution in [-0.4, -0.2) is 53.8 Å². The number of piperazine rings is 1. The van der Waals surface area contributed by atoms with Gasteiger partial charge >= 0.3 is 0 Å². The highest BCUT2D eigenvalue weighted by molar-refractivity contribution is 6.33. The summed E-state index contributed by atoms with van der Waals surface area (Å²) >= 11 is 6.29. The molecule has 0 saturated carbocycles. The average Bonchev–Trinajstić information content (AvgIpc) is 2.89. The summed E-state index contributed by atoms with van der Waals surface area (Å²) in [5.74, 6) is 1.43. The number of ether oxygens (including phenoxy) is 1. The van der Waals surface area contributed by atoms with Gasteiger partial charge in [0.1, 0.15) is 5.75 Å². The second-order valence-electron chi connectivity index (χ2n) is 8.13. The first-order chi connectivity index (χ1) is 16.7. The Hall–Kier alpha value is -3.64. The Bertz CT molecular complexity index is 1320. The summed E-state index contributed by atoms with van der Waals surface area (Å²) in [5, 5.41) is 11.4. The van der Waals surface area contributed by atoms with E-state index in [0.717, 1.165) is 27.8 Å². The van der Waals surface area contributed by atoms with Crippen molar-refractivity contribution >= 4 is 34.1 Å². The Morgan fingerprint density at radius 1 is 0.912 bits per heavy atom. The van der Waals surface area contributed by atoms with Crippen molar-refractivity contribution in [3.05, 3.63) is 83.4 Å². The van der Waals surface area contributed by atoms with Crippen molar-refractivity contribution in [1.82, 2.24) is 15.1 Å².